The van der Waals surface area contributed by atoms with E-state index in [1.807, 2.05) is 4.90 Å². The molecule has 0 aromatic heterocycles. The molecule has 0 atom stereocenters. The molecular formula is C20H29ClF3N3O2. The van der Waals surface area contributed by atoms with Crippen molar-refractivity contribution in [3.05, 3.63) is 35.4 Å². The van der Waals surface area contributed by atoms with Crippen LogP contribution in [-0.4, -0.2) is 42.7 Å². The van der Waals surface area contributed by atoms with E-state index in [1.165, 1.54) is 6.07 Å². The minimum Gasteiger partial charge on any atom is -0.391 e. The zero-order valence-electron chi connectivity index (χ0n) is 16.8. The normalized spacial score (nSPS) is 14.6. The van der Waals surface area contributed by atoms with Gasteiger partial charge in [-0.2, -0.15) is 13.2 Å². The van der Waals surface area contributed by atoms with E-state index in [0.29, 0.717) is 50.4 Å². The molecule has 1 N–H and O–H groups in total. The highest BCUT2D eigenvalue weighted by Crippen LogP contribution is 2.29. The number of carbonyl (C=O) groups excluding carboxylic acids is 1. The van der Waals surface area contributed by atoms with Crippen molar-refractivity contribution in [1.29, 1.82) is 0 Å². The highest BCUT2D eigenvalue weighted by Gasteiger charge is 2.30. The summed E-state index contributed by atoms with van der Waals surface area (Å²) in [4.78, 5) is 19.2. The van der Waals surface area contributed by atoms with Gasteiger partial charge in [-0.25, -0.2) is 0 Å². The Morgan fingerprint density at radius 2 is 1.97 bits per heavy atom. The maximum atomic E-state index is 12.7. The highest BCUT2D eigenvalue weighted by atomic mass is 35.5. The fourth-order valence-electron chi connectivity index (χ4n) is 2.89. The van der Waals surface area contributed by atoms with E-state index in [-0.39, 0.29) is 24.9 Å². The average molecular weight is 436 g/mol. The Balaban J connectivity index is 0.00000420. The van der Waals surface area contributed by atoms with Crippen LogP contribution < -0.4 is 5.32 Å². The molecule has 2 rings (SSSR count). The topological polar surface area (TPSA) is 53.9 Å². The van der Waals surface area contributed by atoms with E-state index >= 15 is 0 Å². The van der Waals surface area contributed by atoms with Crippen LogP contribution in [0.2, 0.25) is 0 Å². The monoisotopic (exact) mass is 435 g/mol. The third-order valence-corrected chi connectivity index (χ3v) is 4.44. The zero-order valence-corrected chi connectivity index (χ0v) is 17.6. The number of rotatable bonds is 8. The van der Waals surface area contributed by atoms with Gasteiger partial charge in [-0.3, -0.25) is 4.79 Å². The Labute approximate surface area is 176 Å². The second kappa shape index (κ2) is 12.0. The number of hydrogen-bond donors (Lipinski definition) is 1. The van der Waals surface area contributed by atoms with Crippen LogP contribution in [0, 0.1) is 5.92 Å². The van der Waals surface area contributed by atoms with Crippen molar-refractivity contribution < 1.29 is 22.8 Å². The quantitative estimate of drug-likeness (QED) is 0.490. The number of nitrogens with one attached hydrogen (secondary N) is 1. The van der Waals surface area contributed by atoms with Gasteiger partial charge in [-0.1, -0.05) is 31.1 Å². The third kappa shape index (κ3) is 9.04. The largest absolute Gasteiger partial charge is 0.416 e. The van der Waals surface area contributed by atoms with Crippen molar-refractivity contribution in [2.75, 3.05) is 26.2 Å². The smallest absolute Gasteiger partial charge is 0.391 e. The summed E-state index contributed by atoms with van der Waals surface area (Å²) in [5.41, 5.74) is 0.547. The van der Waals surface area contributed by atoms with Gasteiger partial charge >= 0.3 is 6.18 Å². The van der Waals surface area contributed by atoms with Crippen LogP contribution in [0.15, 0.2) is 29.4 Å². The van der Waals surface area contributed by atoms with Gasteiger partial charge in [0.15, 0.2) is 0 Å². The molecule has 1 fully saturated rings. The van der Waals surface area contributed by atoms with Gasteiger partial charge in [0.25, 0.3) is 0 Å². The summed E-state index contributed by atoms with van der Waals surface area (Å²) in [6, 6.07) is 5.02. The summed E-state index contributed by atoms with van der Waals surface area (Å²) in [6.07, 6.45) is -2.65. The van der Waals surface area contributed by atoms with Crippen molar-refractivity contribution in [1.82, 2.24) is 10.2 Å². The summed E-state index contributed by atoms with van der Waals surface area (Å²) < 4.78 is 38.1. The molecule has 1 aliphatic heterocycles. The van der Waals surface area contributed by atoms with Gasteiger partial charge in [0.05, 0.1) is 11.3 Å². The Morgan fingerprint density at radius 3 is 2.59 bits per heavy atom. The van der Waals surface area contributed by atoms with Crippen molar-refractivity contribution in [2.45, 2.75) is 45.9 Å². The molecule has 29 heavy (non-hydrogen) atoms. The lowest BCUT2D eigenvalue weighted by Crippen LogP contribution is -2.40. The fraction of sp³-hybridized carbons (Fsp3) is 0.600. The fourth-order valence-corrected chi connectivity index (χ4v) is 2.89. The van der Waals surface area contributed by atoms with Crippen molar-refractivity contribution >= 4 is 24.0 Å². The molecule has 0 radical (unpaired) electrons. The first kappa shape index (κ1) is 25.2. The molecule has 0 unspecified atom stereocenters. The predicted octanol–water partition coefficient (Wildman–Crippen LogP) is 4.26. The number of piperidine rings is 1. The molecule has 0 saturated carbocycles. The SMILES string of the molecule is CC(C)CNCCC(=O)N1CCC(=NOCc2cccc(C(F)(F)F)c2)CC1.Cl. The van der Waals surface area contributed by atoms with Crippen LogP contribution in [0.1, 0.15) is 44.2 Å². The summed E-state index contributed by atoms with van der Waals surface area (Å²) in [5.74, 6) is 0.681. The number of amides is 1. The number of halogens is 4. The molecule has 164 valence electrons. The Bertz CT molecular complexity index is 671. The van der Waals surface area contributed by atoms with Crippen LogP contribution in [0.5, 0.6) is 0 Å². The van der Waals surface area contributed by atoms with Crippen molar-refractivity contribution in [2.24, 2.45) is 11.1 Å². The van der Waals surface area contributed by atoms with Crippen LogP contribution in [0.3, 0.4) is 0 Å². The molecule has 0 spiro atoms. The number of alkyl halides is 3. The van der Waals surface area contributed by atoms with E-state index in [2.05, 4.69) is 24.3 Å². The molecule has 5 nitrogen and oxygen atoms in total. The molecule has 1 aromatic carbocycles. The van der Waals surface area contributed by atoms with Crippen LogP contribution >= 0.6 is 12.4 Å². The number of carbonyl (C=O) groups is 1. The van der Waals surface area contributed by atoms with Gasteiger partial charge < -0.3 is 15.1 Å². The molecule has 1 aliphatic rings. The van der Waals surface area contributed by atoms with Gasteiger partial charge in [0.1, 0.15) is 6.61 Å². The zero-order chi connectivity index (χ0) is 20.6. The summed E-state index contributed by atoms with van der Waals surface area (Å²) in [5, 5.41) is 7.30. The lowest BCUT2D eigenvalue weighted by atomic mass is 10.1. The maximum Gasteiger partial charge on any atom is 0.416 e. The van der Waals surface area contributed by atoms with E-state index in [4.69, 9.17) is 4.84 Å². The lowest BCUT2D eigenvalue weighted by molar-refractivity contribution is -0.137. The molecule has 1 aromatic rings. The van der Waals surface area contributed by atoms with Crippen LogP contribution in [-0.2, 0) is 22.4 Å². The average Bonchev–Trinajstić information content (AvgIpc) is 2.65. The number of benzene rings is 1. The second-order valence-electron chi connectivity index (χ2n) is 7.36. The van der Waals surface area contributed by atoms with E-state index in [0.717, 1.165) is 24.4 Å². The number of oxime groups is 1. The highest BCUT2D eigenvalue weighted by molar-refractivity contribution is 5.87. The summed E-state index contributed by atoms with van der Waals surface area (Å²) in [6.45, 7) is 6.98. The minimum atomic E-state index is -4.37. The molecule has 0 bridgehead atoms. The first-order valence-corrected chi connectivity index (χ1v) is 9.58. The van der Waals surface area contributed by atoms with Gasteiger partial charge in [-0.15, -0.1) is 12.4 Å². The maximum absolute atomic E-state index is 12.7. The van der Waals surface area contributed by atoms with E-state index in [9.17, 15) is 18.0 Å². The molecule has 1 amide bonds. The van der Waals surface area contributed by atoms with E-state index < -0.39 is 11.7 Å². The predicted molar refractivity (Wildman–Crippen MR) is 109 cm³/mol. The second-order valence-corrected chi connectivity index (χ2v) is 7.36. The minimum absolute atomic E-state index is 0. The third-order valence-electron chi connectivity index (χ3n) is 4.44. The lowest BCUT2D eigenvalue weighted by Gasteiger charge is -2.27. The first-order valence-electron chi connectivity index (χ1n) is 9.58. The standard InChI is InChI=1S/C20H28F3N3O2.ClH/c1-15(2)13-24-9-6-19(27)26-10-7-18(8-11-26)25-28-14-16-4-3-5-17(12-16)20(21,22)23;/h3-5,12,15,24H,6-11,13-14H2,1-2H3;1H. The molecule has 1 saturated heterocycles. The first-order chi connectivity index (χ1) is 13.3. The number of hydrogen-bond acceptors (Lipinski definition) is 4. The van der Waals surface area contributed by atoms with Crippen molar-refractivity contribution in [3.63, 3.8) is 0 Å². The number of nitrogens with zero attached hydrogens (tertiary/aromatic N) is 2. The number of likely N-dealkylation sites (tertiary alicyclic amines) is 1. The van der Waals surface area contributed by atoms with Crippen molar-refractivity contribution in [3.8, 4) is 0 Å². The molecule has 1 heterocycles. The Morgan fingerprint density at radius 1 is 1.28 bits per heavy atom. The Hall–Kier alpha value is -1.80. The van der Waals surface area contributed by atoms with Crippen LogP contribution in [0.25, 0.3) is 0 Å². The summed E-state index contributed by atoms with van der Waals surface area (Å²) >= 11 is 0. The Kier molecular flexibility index (Phi) is 10.5. The van der Waals surface area contributed by atoms with Gasteiger partial charge in [-0.05, 0) is 30.2 Å². The molecular weight excluding hydrogens is 407 g/mol. The van der Waals surface area contributed by atoms with Gasteiger partial charge in [0, 0.05) is 38.9 Å². The summed E-state index contributed by atoms with van der Waals surface area (Å²) in [7, 11) is 0. The van der Waals surface area contributed by atoms with Crippen LogP contribution in [0.4, 0.5) is 13.2 Å². The van der Waals surface area contributed by atoms with E-state index in [1.54, 1.807) is 6.07 Å². The molecule has 9 heteroatoms. The van der Waals surface area contributed by atoms with Gasteiger partial charge in [0.2, 0.25) is 5.91 Å². The molecule has 0 aliphatic carbocycles.